The summed E-state index contributed by atoms with van der Waals surface area (Å²) in [5.41, 5.74) is 4.33. The highest BCUT2D eigenvalue weighted by Crippen LogP contribution is 2.31. The zero-order valence-corrected chi connectivity index (χ0v) is 12.3. The summed E-state index contributed by atoms with van der Waals surface area (Å²) < 4.78 is 10.5. The highest BCUT2D eigenvalue weighted by atomic mass is 16.5. The predicted molar refractivity (Wildman–Crippen MR) is 83.9 cm³/mol. The van der Waals surface area contributed by atoms with Crippen molar-refractivity contribution < 1.29 is 9.15 Å². The first-order valence-corrected chi connectivity index (χ1v) is 6.78. The van der Waals surface area contributed by atoms with Gasteiger partial charge in [-0.1, -0.05) is 18.2 Å². The van der Waals surface area contributed by atoms with Crippen LogP contribution in [0.2, 0.25) is 0 Å². The molecule has 1 heterocycles. The van der Waals surface area contributed by atoms with Crippen LogP contribution in [-0.2, 0) is 0 Å². The lowest BCUT2D eigenvalue weighted by Gasteiger charge is -2.10. The molecule has 0 radical (unpaired) electrons. The Balaban J connectivity index is 2.32. The Morgan fingerprint density at radius 1 is 1.00 bits per heavy atom. The fourth-order valence-electron chi connectivity index (χ4n) is 2.68. The summed E-state index contributed by atoms with van der Waals surface area (Å²) in [5, 5.41) is 0.977. The second-order valence-electron chi connectivity index (χ2n) is 5.16. The van der Waals surface area contributed by atoms with E-state index in [9.17, 15) is 4.79 Å². The van der Waals surface area contributed by atoms with Gasteiger partial charge in [0, 0.05) is 17.0 Å². The Kier molecular flexibility index (Phi) is 3.26. The third-order valence-electron chi connectivity index (χ3n) is 3.59. The van der Waals surface area contributed by atoms with Gasteiger partial charge in [0.25, 0.3) is 0 Å². The molecule has 3 nitrogen and oxygen atoms in total. The van der Waals surface area contributed by atoms with Gasteiger partial charge in [-0.2, -0.15) is 0 Å². The van der Waals surface area contributed by atoms with Crippen LogP contribution in [0.1, 0.15) is 11.1 Å². The van der Waals surface area contributed by atoms with Gasteiger partial charge in [0.2, 0.25) is 0 Å². The second-order valence-corrected chi connectivity index (χ2v) is 5.16. The van der Waals surface area contributed by atoms with Crippen molar-refractivity contribution in [3.05, 3.63) is 64.0 Å². The third kappa shape index (κ3) is 2.42. The minimum absolute atomic E-state index is 0.335. The third-order valence-corrected chi connectivity index (χ3v) is 3.59. The SMILES string of the molecule is COc1ccc(-c2cc(=O)oc3cc(C)cc(C)c23)cc1. The lowest BCUT2D eigenvalue weighted by molar-refractivity contribution is 0.415. The first-order valence-electron chi connectivity index (χ1n) is 6.78. The van der Waals surface area contributed by atoms with E-state index in [1.54, 1.807) is 13.2 Å². The van der Waals surface area contributed by atoms with Crippen molar-refractivity contribution in [2.45, 2.75) is 13.8 Å². The quantitative estimate of drug-likeness (QED) is 0.664. The van der Waals surface area contributed by atoms with Crippen molar-refractivity contribution in [3.8, 4) is 16.9 Å². The molecule has 0 N–H and O–H groups in total. The van der Waals surface area contributed by atoms with Gasteiger partial charge in [-0.25, -0.2) is 4.79 Å². The van der Waals surface area contributed by atoms with Crippen molar-refractivity contribution in [2.75, 3.05) is 7.11 Å². The predicted octanol–water partition coefficient (Wildman–Crippen LogP) is 4.09. The van der Waals surface area contributed by atoms with Crippen LogP contribution >= 0.6 is 0 Å². The number of hydrogen-bond donors (Lipinski definition) is 0. The van der Waals surface area contributed by atoms with Gasteiger partial charge >= 0.3 is 5.63 Å². The number of benzene rings is 2. The fraction of sp³-hybridized carbons (Fsp3) is 0.167. The van der Waals surface area contributed by atoms with E-state index < -0.39 is 0 Å². The number of hydrogen-bond acceptors (Lipinski definition) is 3. The number of fused-ring (bicyclic) bond motifs is 1. The molecule has 3 aromatic rings. The number of rotatable bonds is 2. The van der Waals surface area contributed by atoms with E-state index in [0.29, 0.717) is 5.58 Å². The van der Waals surface area contributed by atoms with Crippen molar-refractivity contribution in [2.24, 2.45) is 0 Å². The van der Waals surface area contributed by atoms with E-state index in [-0.39, 0.29) is 5.63 Å². The van der Waals surface area contributed by atoms with Gasteiger partial charge in [-0.3, -0.25) is 0 Å². The average molecular weight is 280 g/mol. The molecule has 0 atom stereocenters. The smallest absolute Gasteiger partial charge is 0.336 e. The van der Waals surface area contributed by atoms with Crippen LogP contribution in [0.3, 0.4) is 0 Å². The Morgan fingerprint density at radius 2 is 1.71 bits per heavy atom. The molecule has 0 aliphatic heterocycles. The summed E-state index contributed by atoms with van der Waals surface area (Å²) in [6.07, 6.45) is 0. The molecule has 0 bridgehead atoms. The van der Waals surface area contributed by atoms with E-state index in [0.717, 1.165) is 33.4 Å². The normalized spacial score (nSPS) is 10.8. The summed E-state index contributed by atoms with van der Waals surface area (Å²) in [6.45, 7) is 4.02. The van der Waals surface area contributed by atoms with Crippen molar-refractivity contribution in [1.82, 2.24) is 0 Å². The van der Waals surface area contributed by atoms with E-state index in [1.165, 1.54) is 0 Å². The number of methoxy groups -OCH3 is 1. The largest absolute Gasteiger partial charge is 0.497 e. The topological polar surface area (TPSA) is 39.4 Å². The molecule has 1 aromatic heterocycles. The van der Waals surface area contributed by atoms with Crippen LogP contribution in [0.25, 0.3) is 22.1 Å². The van der Waals surface area contributed by atoms with Crippen molar-refractivity contribution in [3.63, 3.8) is 0 Å². The highest BCUT2D eigenvalue weighted by molar-refractivity contribution is 5.95. The van der Waals surface area contributed by atoms with E-state index in [2.05, 4.69) is 6.07 Å². The van der Waals surface area contributed by atoms with Crippen LogP contribution in [0.5, 0.6) is 5.75 Å². The second kappa shape index (κ2) is 5.09. The molecule has 0 saturated carbocycles. The molecular formula is C18H16O3. The van der Waals surface area contributed by atoms with Gasteiger partial charge in [0.05, 0.1) is 7.11 Å². The minimum Gasteiger partial charge on any atom is -0.497 e. The average Bonchev–Trinajstić information content (AvgIpc) is 2.45. The lowest BCUT2D eigenvalue weighted by atomic mass is 9.97. The van der Waals surface area contributed by atoms with Gasteiger partial charge < -0.3 is 9.15 Å². The molecule has 0 amide bonds. The molecule has 3 heteroatoms. The maximum atomic E-state index is 11.8. The summed E-state index contributed by atoms with van der Waals surface area (Å²) in [7, 11) is 1.63. The monoisotopic (exact) mass is 280 g/mol. The fourth-order valence-corrected chi connectivity index (χ4v) is 2.68. The summed E-state index contributed by atoms with van der Waals surface area (Å²) >= 11 is 0. The maximum absolute atomic E-state index is 11.8. The first kappa shape index (κ1) is 13.4. The van der Waals surface area contributed by atoms with Gasteiger partial charge in [-0.15, -0.1) is 0 Å². The highest BCUT2D eigenvalue weighted by Gasteiger charge is 2.11. The Bertz CT molecular complexity index is 858. The molecule has 0 unspecified atom stereocenters. The molecule has 0 saturated heterocycles. The number of ether oxygens (including phenoxy) is 1. The maximum Gasteiger partial charge on any atom is 0.336 e. The summed E-state index contributed by atoms with van der Waals surface area (Å²) in [4.78, 5) is 11.8. The lowest BCUT2D eigenvalue weighted by Crippen LogP contribution is -1.99. The number of aryl methyl sites for hydroxylation is 2. The van der Waals surface area contributed by atoms with Crippen molar-refractivity contribution in [1.29, 1.82) is 0 Å². The van der Waals surface area contributed by atoms with Crippen LogP contribution < -0.4 is 10.4 Å². The molecular weight excluding hydrogens is 264 g/mol. The van der Waals surface area contributed by atoms with Crippen molar-refractivity contribution >= 4 is 11.0 Å². The van der Waals surface area contributed by atoms with E-state index >= 15 is 0 Å². The summed E-state index contributed by atoms with van der Waals surface area (Å²) in [6, 6.07) is 13.2. The molecule has 0 aliphatic carbocycles. The van der Waals surface area contributed by atoms with Gasteiger partial charge in [0.15, 0.2) is 0 Å². The van der Waals surface area contributed by atoms with Gasteiger partial charge in [-0.05, 0) is 48.7 Å². The zero-order chi connectivity index (χ0) is 15.0. The first-order chi connectivity index (χ1) is 10.1. The molecule has 3 rings (SSSR count). The molecule has 2 aromatic carbocycles. The zero-order valence-electron chi connectivity index (χ0n) is 12.3. The Hall–Kier alpha value is -2.55. The van der Waals surface area contributed by atoms with E-state index in [4.69, 9.17) is 9.15 Å². The Labute approximate surface area is 122 Å². The van der Waals surface area contributed by atoms with E-state index in [1.807, 2.05) is 44.2 Å². The van der Waals surface area contributed by atoms with Crippen LogP contribution in [0, 0.1) is 13.8 Å². The standard InChI is InChI=1S/C18H16O3/c1-11-8-12(2)18-15(10-17(19)21-16(18)9-11)13-4-6-14(20-3)7-5-13/h4-10H,1-3H3. The van der Waals surface area contributed by atoms with Gasteiger partial charge in [0.1, 0.15) is 11.3 Å². The molecule has 0 aliphatic rings. The van der Waals surface area contributed by atoms with Crippen LogP contribution in [-0.4, -0.2) is 7.11 Å². The molecule has 106 valence electrons. The molecule has 0 spiro atoms. The Morgan fingerprint density at radius 3 is 2.38 bits per heavy atom. The summed E-state index contributed by atoms with van der Waals surface area (Å²) in [5.74, 6) is 0.790. The molecule has 0 fully saturated rings. The minimum atomic E-state index is -0.335. The molecule has 21 heavy (non-hydrogen) atoms. The van der Waals surface area contributed by atoms with Crippen LogP contribution in [0.4, 0.5) is 0 Å². The van der Waals surface area contributed by atoms with Crippen LogP contribution in [0.15, 0.2) is 51.7 Å².